The number of hydrogen-bond donors (Lipinski definition) is 0. The minimum Gasteiger partial charge on any atom is -0.302 e. The van der Waals surface area contributed by atoms with E-state index in [1.165, 1.54) is 10.5 Å². The molecule has 2 aromatic carbocycles. The Hall–Kier alpha value is -1.41. The first-order chi connectivity index (χ1) is 15.0. The molecule has 4 nitrogen and oxygen atoms in total. The van der Waals surface area contributed by atoms with Crippen LogP contribution in [-0.4, -0.2) is 47.7 Å². The summed E-state index contributed by atoms with van der Waals surface area (Å²) in [5, 5.41) is 0.802. The van der Waals surface area contributed by atoms with Crippen molar-refractivity contribution >= 4 is 60.3 Å². The molecule has 0 fully saturated rings. The number of aromatic nitrogens is 1. The topological polar surface area (TPSA) is 36.4 Å². The first kappa shape index (κ1) is 24.2. The molecule has 7 heteroatoms. The maximum absolute atomic E-state index is 13.2. The molecule has 0 atom stereocenters. The molecule has 0 radical (unpaired) electrons. The number of anilines is 1. The number of amides is 1. The van der Waals surface area contributed by atoms with E-state index in [1.54, 1.807) is 11.3 Å². The number of carbonyl (C=O) groups excluding carboxylic acids is 1. The number of aryl methyl sites for hydroxylation is 1. The summed E-state index contributed by atoms with van der Waals surface area (Å²) in [6.07, 6.45) is 1.40. The van der Waals surface area contributed by atoms with Gasteiger partial charge in [0.05, 0.1) is 10.2 Å². The second-order valence-corrected chi connectivity index (χ2v) is 10.5. The fraction of sp³-hybridized carbons (Fsp3) is 0.417. The highest BCUT2D eigenvalue weighted by molar-refractivity contribution is 9.10. The van der Waals surface area contributed by atoms with Gasteiger partial charge < -0.3 is 4.90 Å². The van der Waals surface area contributed by atoms with E-state index in [0.29, 0.717) is 13.0 Å². The molecule has 0 saturated heterocycles. The SMILES string of the molecule is CCN(CC)CCN(C(=O)CCCSc1ccc(C)cc1)c1nc2ccc(Br)cc2s1. The Morgan fingerprint density at radius 1 is 1.10 bits per heavy atom. The third kappa shape index (κ3) is 7.04. The van der Waals surface area contributed by atoms with Crippen molar-refractivity contribution in [2.24, 2.45) is 0 Å². The van der Waals surface area contributed by atoms with Gasteiger partial charge in [-0.15, -0.1) is 11.8 Å². The van der Waals surface area contributed by atoms with E-state index in [4.69, 9.17) is 4.98 Å². The zero-order valence-electron chi connectivity index (χ0n) is 18.4. The van der Waals surface area contributed by atoms with E-state index in [9.17, 15) is 4.79 Å². The van der Waals surface area contributed by atoms with Gasteiger partial charge >= 0.3 is 0 Å². The molecule has 1 aromatic heterocycles. The minimum atomic E-state index is 0.162. The molecule has 0 unspecified atom stereocenters. The van der Waals surface area contributed by atoms with E-state index >= 15 is 0 Å². The number of carbonyl (C=O) groups is 1. The van der Waals surface area contributed by atoms with Crippen LogP contribution in [0.1, 0.15) is 32.3 Å². The van der Waals surface area contributed by atoms with E-state index in [-0.39, 0.29) is 5.91 Å². The zero-order chi connectivity index (χ0) is 22.2. The summed E-state index contributed by atoms with van der Waals surface area (Å²) in [6.45, 7) is 9.92. The van der Waals surface area contributed by atoms with Gasteiger partial charge in [-0.1, -0.05) is 58.8 Å². The largest absolute Gasteiger partial charge is 0.302 e. The first-order valence-electron chi connectivity index (χ1n) is 10.8. The summed E-state index contributed by atoms with van der Waals surface area (Å²) in [4.78, 5) is 23.5. The number of halogens is 1. The molecule has 1 amide bonds. The number of benzene rings is 2. The van der Waals surface area contributed by atoms with Crippen molar-refractivity contribution in [2.45, 2.75) is 38.5 Å². The predicted molar refractivity (Wildman–Crippen MR) is 139 cm³/mol. The summed E-state index contributed by atoms with van der Waals surface area (Å²) < 4.78 is 2.13. The van der Waals surface area contributed by atoms with Crippen LogP contribution in [0, 0.1) is 6.92 Å². The molecule has 0 saturated carbocycles. The number of thioether (sulfide) groups is 1. The second-order valence-electron chi connectivity index (χ2n) is 7.45. The molecule has 0 spiro atoms. The molecule has 0 aliphatic carbocycles. The van der Waals surface area contributed by atoms with Gasteiger partial charge in [0.15, 0.2) is 5.13 Å². The van der Waals surface area contributed by atoms with Gasteiger partial charge in [-0.25, -0.2) is 4.98 Å². The highest BCUT2D eigenvalue weighted by atomic mass is 79.9. The van der Waals surface area contributed by atoms with Crippen molar-refractivity contribution in [3.63, 3.8) is 0 Å². The third-order valence-electron chi connectivity index (χ3n) is 5.23. The summed E-state index contributed by atoms with van der Waals surface area (Å²) >= 11 is 6.94. The third-order valence-corrected chi connectivity index (χ3v) is 7.86. The molecule has 1 heterocycles. The predicted octanol–water partition coefficient (Wildman–Crippen LogP) is 6.61. The molecule has 0 bridgehead atoms. The van der Waals surface area contributed by atoms with E-state index in [2.05, 4.69) is 71.9 Å². The van der Waals surface area contributed by atoms with Gasteiger partial charge in [-0.2, -0.15) is 0 Å². The maximum atomic E-state index is 13.2. The number of thiazole rings is 1. The molecular formula is C24H30BrN3OS2. The average molecular weight is 521 g/mol. The molecule has 0 aliphatic rings. The Labute approximate surface area is 202 Å². The van der Waals surface area contributed by atoms with E-state index < -0.39 is 0 Å². The summed E-state index contributed by atoms with van der Waals surface area (Å²) in [7, 11) is 0. The average Bonchev–Trinajstić information content (AvgIpc) is 3.18. The van der Waals surface area contributed by atoms with Crippen LogP contribution >= 0.6 is 39.0 Å². The lowest BCUT2D eigenvalue weighted by Gasteiger charge is -2.24. The number of rotatable bonds is 11. The Morgan fingerprint density at radius 2 is 1.84 bits per heavy atom. The van der Waals surface area contributed by atoms with Crippen molar-refractivity contribution in [1.82, 2.24) is 9.88 Å². The molecule has 3 aromatic rings. The van der Waals surface area contributed by atoms with Crippen LogP contribution in [0.5, 0.6) is 0 Å². The first-order valence-corrected chi connectivity index (χ1v) is 13.4. The van der Waals surface area contributed by atoms with Crippen LogP contribution in [0.2, 0.25) is 0 Å². The summed E-state index contributed by atoms with van der Waals surface area (Å²) in [5.41, 5.74) is 2.21. The Balaban J connectivity index is 1.65. The standard InChI is InChI=1S/C24H30BrN3OS2/c1-4-27(5-2)14-15-28(24-26-21-13-10-19(25)17-22(21)31-24)23(29)7-6-16-30-20-11-8-18(3)9-12-20/h8-13,17H,4-7,14-16H2,1-3H3. The Bertz CT molecular complexity index is 986. The van der Waals surface area contributed by atoms with Crippen LogP contribution in [0.3, 0.4) is 0 Å². The molecular weight excluding hydrogens is 490 g/mol. The second kappa shape index (κ2) is 12.0. The molecule has 31 heavy (non-hydrogen) atoms. The normalized spacial score (nSPS) is 11.4. The van der Waals surface area contributed by atoms with Gasteiger partial charge in [-0.05, 0) is 62.5 Å². The molecule has 166 valence electrons. The monoisotopic (exact) mass is 519 g/mol. The minimum absolute atomic E-state index is 0.162. The van der Waals surface area contributed by atoms with Crippen molar-refractivity contribution in [1.29, 1.82) is 0 Å². The van der Waals surface area contributed by atoms with Crippen LogP contribution in [0.15, 0.2) is 51.8 Å². The van der Waals surface area contributed by atoms with Crippen molar-refractivity contribution in [3.8, 4) is 0 Å². The highest BCUT2D eigenvalue weighted by Gasteiger charge is 2.20. The highest BCUT2D eigenvalue weighted by Crippen LogP contribution is 2.31. The molecule has 3 rings (SSSR count). The van der Waals surface area contributed by atoms with Gasteiger partial charge in [0.1, 0.15) is 0 Å². The smallest absolute Gasteiger partial charge is 0.228 e. The van der Waals surface area contributed by atoms with E-state index in [0.717, 1.165) is 51.6 Å². The van der Waals surface area contributed by atoms with Crippen LogP contribution < -0.4 is 4.90 Å². The molecule has 0 N–H and O–H groups in total. The van der Waals surface area contributed by atoms with Crippen molar-refractivity contribution < 1.29 is 4.79 Å². The number of fused-ring (bicyclic) bond motifs is 1. The summed E-state index contributed by atoms with van der Waals surface area (Å²) in [6, 6.07) is 14.6. The zero-order valence-corrected chi connectivity index (χ0v) is 21.7. The van der Waals surface area contributed by atoms with Crippen molar-refractivity contribution in [2.75, 3.05) is 36.8 Å². The van der Waals surface area contributed by atoms with Crippen LogP contribution in [-0.2, 0) is 4.79 Å². The van der Waals surface area contributed by atoms with Crippen molar-refractivity contribution in [3.05, 3.63) is 52.5 Å². The lowest BCUT2D eigenvalue weighted by molar-refractivity contribution is -0.118. The summed E-state index contributed by atoms with van der Waals surface area (Å²) in [5.74, 6) is 1.10. The fourth-order valence-electron chi connectivity index (χ4n) is 3.29. The van der Waals surface area contributed by atoms with Crippen LogP contribution in [0.25, 0.3) is 10.2 Å². The number of likely N-dealkylation sites (N-methyl/N-ethyl adjacent to an activating group) is 1. The lowest BCUT2D eigenvalue weighted by atomic mass is 10.2. The maximum Gasteiger partial charge on any atom is 0.228 e. The number of nitrogens with zero attached hydrogens (tertiary/aromatic N) is 3. The van der Waals surface area contributed by atoms with Gasteiger partial charge in [0.25, 0.3) is 0 Å². The van der Waals surface area contributed by atoms with Crippen LogP contribution in [0.4, 0.5) is 5.13 Å². The Kier molecular flexibility index (Phi) is 9.38. The number of hydrogen-bond acceptors (Lipinski definition) is 5. The van der Waals surface area contributed by atoms with E-state index in [1.807, 2.05) is 28.8 Å². The van der Waals surface area contributed by atoms with Gasteiger partial charge in [0.2, 0.25) is 5.91 Å². The quantitative estimate of drug-likeness (QED) is 0.211. The fourth-order valence-corrected chi connectivity index (χ4v) is 5.71. The lowest BCUT2D eigenvalue weighted by Crippen LogP contribution is -2.38. The van der Waals surface area contributed by atoms with Gasteiger partial charge in [-0.3, -0.25) is 9.69 Å². The Morgan fingerprint density at radius 3 is 2.55 bits per heavy atom. The van der Waals surface area contributed by atoms with Gasteiger partial charge in [0, 0.05) is 28.9 Å². The molecule has 0 aliphatic heterocycles.